The van der Waals surface area contributed by atoms with Crippen molar-refractivity contribution in [1.29, 1.82) is 0 Å². The van der Waals surface area contributed by atoms with Gasteiger partial charge in [-0.1, -0.05) is 55.0 Å². The van der Waals surface area contributed by atoms with E-state index < -0.39 is 40.8 Å². The van der Waals surface area contributed by atoms with Gasteiger partial charge in [-0.2, -0.15) is 21.6 Å². The van der Waals surface area contributed by atoms with Crippen molar-refractivity contribution in [2.24, 2.45) is 0 Å². The first-order valence-electron chi connectivity index (χ1n) is 8.25. The Labute approximate surface area is 156 Å². The first-order chi connectivity index (χ1) is 12.4. The van der Waals surface area contributed by atoms with E-state index >= 15 is 0 Å². The number of halogens is 3. The molecule has 2 aromatic carbocycles. The second-order valence-corrected chi connectivity index (χ2v) is 8.19. The highest BCUT2D eigenvalue weighted by Gasteiger charge is 2.55. The minimum absolute atomic E-state index is 0.270. The normalized spacial score (nSPS) is 15.9. The molecule has 2 unspecified atom stereocenters. The lowest BCUT2D eigenvalue weighted by molar-refractivity contribution is -0.271. The fourth-order valence-electron chi connectivity index (χ4n) is 2.61. The zero-order valence-electron chi connectivity index (χ0n) is 14.9. The van der Waals surface area contributed by atoms with E-state index in [1.807, 2.05) is 0 Å². The number of aliphatic hydroxyl groups is 1. The highest BCUT2D eigenvalue weighted by Crippen LogP contribution is 2.39. The molecule has 0 heterocycles. The predicted octanol–water partition coefficient (Wildman–Crippen LogP) is 4.19. The number of hydrogen-bond donors (Lipinski definition) is 1. The Balaban J connectivity index is 2.20. The van der Waals surface area contributed by atoms with Gasteiger partial charge in [0.15, 0.2) is 5.60 Å². The molecular formula is C19H21F3O4S. The number of benzene rings is 2. The van der Waals surface area contributed by atoms with Gasteiger partial charge in [-0.25, -0.2) is 0 Å². The summed E-state index contributed by atoms with van der Waals surface area (Å²) in [6.07, 6.45) is -5.79. The molecule has 0 amide bonds. The Hall–Kier alpha value is -1.90. The second kappa shape index (κ2) is 8.00. The Morgan fingerprint density at radius 2 is 1.59 bits per heavy atom. The first-order valence-corrected chi connectivity index (χ1v) is 9.66. The number of alkyl halides is 3. The summed E-state index contributed by atoms with van der Waals surface area (Å²) in [7, 11) is -4.43. The van der Waals surface area contributed by atoms with Gasteiger partial charge in [0.05, 0.1) is 4.90 Å². The molecule has 148 valence electrons. The van der Waals surface area contributed by atoms with Crippen LogP contribution in [0.2, 0.25) is 0 Å². The zero-order valence-corrected chi connectivity index (χ0v) is 15.7. The smallest absolute Gasteiger partial charge is 0.379 e. The molecule has 0 fully saturated rings. The second-order valence-electron chi connectivity index (χ2n) is 6.57. The molecule has 27 heavy (non-hydrogen) atoms. The molecule has 8 heteroatoms. The molecule has 0 bridgehead atoms. The van der Waals surface area contributed by atoms with Crippen LogP contribution in [0, 0.1) is 6.92 Å². The van der Waals surface area contributed by atoms with Crippen LogP contribution in [0.15, 0.2) is 59.5 Å². The summed E-state index contributed by atoms with van der Waals surface area (Å²) in [4.78, 5) is -0.270. The largest absolute Gasteiger partial charge is 0.419 e. The van der Waals surface area contributed by atoms with Crippen LogP contribution >= 0.6 is 0 Å². The Bertz CT molecular complexity index is 849. The van der Waals surface area contributed by atoms with Gasteiger partial charge < -0.3 is 5.11 Å². The summed E-state index contributed by atoms with van der Waals surface area (Å²) >= 11 is 0. The van der Waals surface area contributed by atoms with Crippen LogP contribution in [0.4, 0.5) is 13.2 Å². The van der Waals surface area contributed by atoms with Gasteiger partial charge in [0, 0.05) is 0 Å². The standard InChI is InChI=1S/C19H21F3O4S/c1-14-8-10-17(11-9-14)27(24,25)26-13-18(23,19(20,21)22)12-15(2)16-6-4-3-5-7-16/h3-11,15,23H,12-13H2,1-2H3. The van der Waals surface area contributed by atoms with Crippen LogP contribution in [0.1, 0.15) is 30.4 Å². The average molecular weight is 402 g/mol. The molecule has 0 aliphatic heterocycles. The van der Waals surface area contributed by atoms with Crippen molar-refractivity contribution in [1.82, 2.24) is 0 Å². The molecule has 0 saturated carbocycles. The van der Waals surface area contributed by atoms with Crippen LogP contribution in [0.5, 0.6) is 0 Å². The van der Waals surface area contributed by atoms with Gasteiger partial charge in [0.25, 0.3) is 10.1 Å². The monoisotopic (exact) mass is 402 g/mol. The van der Waals surface area contributed by atoms with Crippen molar-refractivity contribution in [2.45, 2.75) is 42.9 Å². The lowest BCUT2D eigenvalue weighted by atomic mass is 9.87. The summed E-state index contributed by atoms with van der Waals surface area (Å²) in [6.45, 7) is 1.86. The fourth-order valence-corrected chi connectivity index (χ4v) is 3.57. The molecule has 0 aliphatic carbocycles. The summed E-state index contributed by atoms with van der Waals surface area (Å²) in [5.74, 6) is -0.663. The van der Waals surface area contributed by atoms with E-state index in [4.69, 9.17) is 0 Å². The maximum Gasteiger partial charge on any atom is 0.419 e. The van der Waals surface area contributed by atoms with E-state index in [1.165, 1.54) is 31.2 Å². The van der Waals surface area contributed by atoms with Crippen LogP contribution < -0.4 is 0 Å². The molecular weight excluding hydrogens is 381 g/mol. The molecule has 1 N–H and O–H groups in total. The number of aryl methyl sites for hydroxylation is 1. The SMILES string of the molecule is Cc1ccc(S(=O)(=O)OCC(O)(CC(C)c2ccccc2)C(F)(F)F)cc1. The van der Waals surface area contributed by atoms with Gasteiger partial charge in [-0.15, -0.1) is 0 Å². The Morgan fingerprint density at radius 3 is 2.11 bits per heavy atom. The summed E-state index contributed by atoms with van der Waals surface area (Å²) < 4.78 is 69.4. The van der Waals surface area contributed by atoms with Gasteiger partial charge in [-0.05, 0) is 37.0 Å². The summed E-state index contributed by atoms with van der Waals surface area (Å²) in [6, 6.07) is 13.9. The van der Waals surface area contributed by atoms with Gasteiger partial charge >= 0.3 is 6.18 Å². The maximum atomic E-state index is 13.5. The van der Waals surface area contributed by atoms with E-state index in [0.717, 1.165) is 5.56 Å². The third-order valence-corrected chi connectivity index (χ3v) is 5.58. The minimum atomic E-state index is -5.06. The highest BCUT2D eigenvalue weighted by atomic mass is 32.2. The fraction of sp³-hybridized carbons (Fsp3) is 0.368. The van der Waals surface area contributed by atoms with Gasteiger partial charge in [-0.3, -0.25) is 4.18 Å². The lowest BCUT2D eigenvalue weighted by Gasteiger charge is -2.32. The first kappa shape index (κ1) is 21.4. The van der Waals surface area contributed by atoms with Gasteiger partial charge in [0.2, 0.25) is 0 Å². The number of hydrogen-bond acceptors (Lipinski definition) is 4. The molecule has 0 aliphatic rings. The van der Waals surface area contributed by atoms with Crippen molar-refractivity contribution in [3.8, 4) is 0 Å². The van der Waals surface area contributed by atoms with Crippen LogP contribution in [0.25, 0.3) is 0 Å². The lowest BCUT2D eigenvalue weighted by Crippen LogP contribution is -2.50. The van der Waals surface area contributed by atoms with Crippen molar-refractivity contribution >= 4 is 10.1 Å². The van der Waals surface area contributed by atoms with Crippen molar-refractivity contribution in [3.63, 3.8) is 0 Å². The van der Waals surface area contributed by atoms with Crippen LogP contribution in [-0.4, -0.2) is 31.9 Å². The van der Waals surface area contributed by atoms with E-state index in [2.05, 4.69) is 4.18 Å². The van der Waals surface area contributed by atoms with Gasteiger partial charge in [0.1, 0.15) is 6.61 Å². The molecule has 2 aromatic rings. The molecule has 0 saturated heterocycles. The van der Waals surface area contributed by atoms with E-state index in [9.17, 15) is 26.7 Å². The molecule has 4 nitrogen and oxygen atoms in total. The third kappa shape index (κ3) is 5.31. The van der Waals surface area contributed by atoms with Crippen LogP contribution in [-0.2, 0) is 14.3 Å². The van der Waals surface area contributed by atoms with Crippen molar-refractivity contribution in [2.75, 3.05) is 6.61 Å². The van der Waals surface area contributed by atoms with E-state index in [-0.39, 0.29) is 4.90 Å². The quantitative estimate of drug-likeness (QED) is 0.706. The molecule has 0 aromatic heterocycles. The summed E-state index contributed by atoms with van der Waals surface area (Å²) in [5, 5.41) is 10.2. The highest BCUT2D eigenvalue weighted by molar-refractivity contribution is 7.86. The van der Waals surface area contributed by atoms with E-state index in [0.29, 0.717) is 5.56 Å². The molecule has 0 radical (unpaired) electrons. The molecule has 2 atom stereocenters. The van der Waals surface area contributed by atoms with Crippen molar-refractivity contribution in [3.05, 3.63) is 65.7 Å². The third-order valence-electron chi connectivity index (χ3n) is 4.30. The summed E-state index contributed by atoms with van der Waals surface area (Å²) in [5.41, 5.74) is -1.92. The average Bonchev–Trinajstić information content (AvgIpc) is 2.60. The predicted molar refractivity (Wildman–Crippen MR) is 94.8 cm³/mol. The Kier molecular flexibility index (Phi) is 6.34. The molecule has 0 spiro atoms. The minimum Gasteiger partial charge on any atom is -0.379 e. The molecule has 2 rings (SSSR count). The zero-order chi connectivity index (χ0) is 20.3. The van der Waals surface area contributed by atoms with Crippen LogP contribution in [0.3, 0.4) is 0 Å². The van der Waals surface area contributed by atoms with E-state index in [1.54, 1.807) is 37.3 Å². The topological polar surface area (TPSA) is 63.6 Å². The van der Waals surface area contributed by atoms with Crippen molar-refractivity contribution < 1.29 is 30.9 Å². The number of rotatable bonds is 7. The Morgan fingerprint density at radius 1 is 1.04 bits per heavy atom. The maximum absolute atomic E-state index is 13.5.